The lowest BCUT2D eigenvalue weighted by Crippen LogP contribution is -2.14. The number of hydrogen-bond acceptors (Lipinski definition) is 3. The number of rotatable bonds is 5. The van der Waals surface area contributed by atoms with E-state index in [4.69, 9.17) is 11.6 Å². The summed E-state index contributed by atoms with van der Waals surface area (Å²) in [6.07, 6.45) is 1.68. The summed E-state index contributed by atoms with van der Waals surface area (Å²) in [5, 5.41) is 6.66. The quantitative estimate of drug-likeness (QED) is 0.828. The number of ether oxygens (including phenoxy) is 1. The minimum Gasteiger partial charge on any atom is -0.433 e. The van der Waals surface area contributed by atoms with Gasteiger partial charge in [-0.1, -0.05) is 11.6 Å². The Morgan fingerprint density at radius 3 is 2.82 bits per heavy atom. The second kappa shape index (κ2) is 7.06. The van der Waals surface area contributed by atoms with Crippen molar-refractivity contribution in [2.75, 3.05) is 5.32 Å². The Morgan fingerprint density at radius 1 is 1.55 bits per heavy atom. The first-order valence-electron chi connectivity index (χ1n) is 6.19. The molecule has 1 amide bonds. The molecule has 9 heteroatoms. The van der Waals surface area contributed by atoms with Crippen LogP contribution in [0.4, 0.5) is 14.5 Å². The number of aromatic nitrogens is 2. The molecule has 0 saturated heterocycles. The average molecular weight is 395 g/mol. The van der Waals surface area contributed by atoms with Crippen LogP contribution in [-0.2, 0) is 6.54 Å². The van der Waals surface area contributed by atoms with E-state index in [2.05, 4.69) is 31.1 Å². The predicted octanol–water partition coefficient (Wildman–Crippen LogP) is 4.17. The highest BCUT2D eigenvalue weighted by Gasteiger charge is 2.16. The van der Waals surface area contributed by atoms with Gasteiger partial charge in [-0.15, -0.1) is 0 Å². The summed E-state index contributed by atoms with van der Waals surface area (Å²) in [6.45, 7) is -0.452. The molecule has 0 bridgehead atoms. The molecule has 2 rings (SSSR count). The van der Waals surface area contributed by atoms with E-state index in [-0.39, 0.29) is 16.5 Å². The molecule has 0 fully saturated rings. The van der Waals surface area contributed by atoms with Gasteiger partial charge in [-0.3, -0.25) is 9.48 Å². The van der Waals surface area contributed by atoms with E-state index < -0.39 is 12.5 Å². The number of carbonyl (C=O) groups excluding carboxylic acids is 1. The fraction of sp³-hybridized carbons (Fsp3) is 0.231. The summed E-state index contributed by atoms with van der Waals surface area (Å²) in [6, 6.07) is 3.98. The maximum atomic E-state index is 12.1. The first-order chi connectivity index (χ1) is 10.4. The Balaban J connectivity index is 2.14. The number of halogens is 4. The zero-order chi connectivity index (χ0) is 16.3. The van der Waals surface area contributed by atoms with E-state index in [1.807, 2.05) is 6.92 Å². The van der Waals surface area contributed by atoms with E-state index in [9.17, 15) is 13.6 Å². The van der Waals surface area contributed by atoms with Gasteiger partial charge in [0, 0.05) is 18.4 Å². The molecule has 1 aromatic heterocycles. The Morgan fingerprint density at radius 2 is 2.27 bits per heavy atom. The summed E-state index contributed by atoms with van der Waals surface area (Å²) in [4.78, 5) is 12.1. The van der Waals surface area contributed by atoms with Gasteiger partial charge in [-0.25, -0.2) is 0 Å². The van der Waals surface area contributed by atoms with Gasteiger partial charge in [0.05, 0.1) is 9.50 Å². The highest BCUT2D eigenvalue weighted by atomic mass is 79.9. The van der Waals surface area contributed by atoms with Crippen LogP contribution < -0.4 is 10.1 Å². The Bertz CT molecular complexity index is 694. The van der Waals surface area contributed by atoms with Gasteiger partial charge in [0.1, 0.15) is 5.75 Å². The van der Waals surface area contributed by atoms with Crippen LogP contribution in [0.1, 0.15) is 17.4 Å². The fourth-order valence-corrected chi connectivity index (χ4v) is 2.39. The van der Waals surface area contributed by atoms with Crippen LogP contribution in [0.3, 0.4) is 0 Å². The standard InChI is InChI=1S/C13H11BrClF2N3O2/c1-2-20-6-8(14)11(19-20)12(21)18-7-3-4-10(9(15)5-7)22-13(16)17/h3-6,13H,2H2,1H3,(H,18,21). The van der Waals surface area contributed by atoms with Gasteiger partial charge in [-0.05, 0) is 41.1 Å². The average Bonchev–Trinajstić information content (AvgIpc) is 2.83. The molecule has 0 spiro atoms. The molecule has 0 saturated carbocycles. The molecule has 22 heavy (non-hydrogen) atoms. The highest BCUT2D eigenvalue weighted by Crippen LogP contribution is 2.29. The third-order valence-electron chi connectivity index (χ3n) is 2.66. The third-order valence-corrected chi connectivity index (χ3v) is 3.54. The molecular weight excluding hydrogens is 384 g/mol. The van der Waals surface area contributed by atoms with Crippen molar-refractivity contribution in [3.8, 4) is 5.75 Å². The van der Waals surface area contributed by atoms with Gasteiger partial charge in [0.25, 0.3) is 5.91 Å². The van der Waals surface area contributed by atoms with Gasteiger partial charge < -0.3 is 10.1 Å². The molecular formula is C13H11BrClF2N3O2. The largest absolute Gasteiger partial charge is 0.433 e. The maximum Gasteiger partial charge on any atom is 0.387 e. The number of nitrogens with one attached hydrogen (secondary N) is 1. The summed E-state index contributed by atoms with van der Waals surface area (Å²) in [5.41, 5.74) is 0.556. The van der Waals surface area contributed by atoms with Gasteiger partial charge in [0.2, 0.25) is 0 Å². The van der Waals surface area contributed by atoms with E-state index >= 15 is 0 Å². The molecule has 0 aliphatic rings. The fourth-order valence-electron chi connectivity index (χ4n) is 1.67. The van der Waals surface area contributed by atoms with Crippen molar-refractivity contribution in [1.82, 2.24) is 9.78 Å². The van der Waals surface area contributed by atoms with E-state index in [1.165, 1.54) is 18.2 Å². The van der Waals surface area contributed by atoms with Crippen LogP contribution in [0, 0.1) is 0 Å². The molecule has 0 aliphatic heterocycles. The van der Waals surface area contributed by atoms with E-state index in [0.717, 1.165) is 0 Å². The smallest absolute Gasteiger partial charge is 0.387 e. The first kappa shape index (κ1) is 16.7. The molecule has 5 nitrogen and oxygen atoms in total. The van der Waals surface area contributed by atoms with E-state index in [1.54, 1.807) is 10.9 Å². The molecule has 1 aromatic carbocycles. The molecule has 1 heterocycles. The Kier molecular flexibility index (Phi) is 5.36. The van der Waals surface area contributed by atoms with Crippen molar-refractivity contribution in [2.24, 2.45) is 0 Å². The lowest BCUT2D eigenvalue weighted by atomic mass is 10.3. The van der Waals surface area contributed by atoms with Crippen LogP contribution in [0.25, 0.3) is 0 Å². The second-order valence-corrected chi connectivity index (χ2v) is 5.42. The summed E-state index contributed by atoms with van der Waals surface area (Å²) in [7, 11) is 0. The SMILES string of the molecule is CCn1cc(Br)c(C(=O)Nc2ccc(OC(F)F)c(Cl)c2)n1. The van der Waals surface area contributed by atoms with E-state index in [0.29, 0.717) is 16.7 Å². The monoisotopic (exact) mass is 393 g/mol. The molecule has 2 aromatic rings. The normalized spacial score (nSPS) is 10.8. The van der Waals surface area contributed by atoms with Crippen molar-refractivity contribution < 1.29 is 18.3 Å². The van der Waals surface area contributed by atoms with Crippen molar-refractivity contribution >= 4 is 39.1 Å². The summed E-state index contributed by atoms with van der Waals surface area (Å²) < 4.78 is 30.7. The van der Waals surface area contributed by atoms with Crippen LogP contribution >= 0.6 is 27.5 Å². The molecule has 0 radical (unpaired) electrons. The molecule has 118 valence electrons. The number of anilines is 1. The van der Waals surface area contributed by atoms with Crippen molar-refractivity contribution in [3.63, 3.8) is 0 Å². The second-order valence-electron chi connectivity index (χ2n) is 4.16. The minimum absolute atomic E-state index is 0.0312. The minimum atomic E-state index is -2.97. The number of aryl methyl sites for hydroxylation is 1. The van der Waals surface area contributed by atoms with Gasteiger partial charge >= 0.3 is 6.61 Å². The molecule has 0 aliphatic carbocycles. The zero-order valence-electron chi connectivity index (χ0n) is 11.3. The number of benzene rings is 1. The molecule has 0 unspecified atom stereocenters. The number of carbonyl (C=O) groups is 1. The molecule has 1 N–H and O–H groups in total. The highest BCUT2D eigenvalue weighted by molar-refractivity contribution is 9.10. The zero-order valence-corrected chi connectivity index (χ0v) is 13.7. The number of nitrogens with zero attached hydrogens (tertiary/aromatic N) is 2. The summed E-state index contributed by atoms with van der Waals surface area (Å²) in [5.74, 6) is -0.608. The Labute approximate surface area is 138 Å². The van der Waals surface area contributed by atoms with Crippen molar-refractivity contribution in [1.29, 1.82) is 0 Å². The third kappa shape index (κ3) is 3.95. The van der Waals surface area contributed by atoms with Gasteiger partial charge in [0.15, 0.2) is 5.69 Å². The predicted molar refractivity (Wildman–Crippen MR) is 81.6 cm³/mol. The first-order valence-corrected chi connectivity index (χ1v) is 7.36. The summed E-state index contributed by atoms with van der Waals surface area (Å²) >= 11 is 9.07. The maximum absolute atomic E-state index is 12.1. The number of alkyl halides is 2. The number of amides is 1. The lowest BCUT2D eigenvalue weighted by molar-refractivity contribution is -0.0497. The lowest BCUT2D eigenvalue weighted by Gasteiger charge is -2.09. The number of hydrogen-bond donors (Lipinski definition) is 1. The van der Waals surface area contributed by atoms with Crippen LogP contribution in [0.2, 0.25) is 5.02 Å². The van der Waals surface area contributed by atoms with Crippen LogP contribution in [0.5, 0.6) is 5.75 Å². The molecule has 0 atom stereocenters. The van der Waals surface area contributed by atoms with Crippen LogP contribution in [-0.4, -0.2) is 22.3 Å². The topological polar surface area (TPSA) is 56.2 Å². The van der Waals surface area contributed by atoms with Crippen molar-refractivity contribution in [2.45, 2.75) is 20.1 Å². The van der Waals surface area contributed by atoms with Crippen molar-refractivity contribution in [3.05, 3.63) is 39.6 Å². The van der Waals surface area contributed by atoms with Crippen LogP contribution in [0.15, 0.2) is 28.9 Å². The Hall–Kier alpha value is -1.67. The van der Waals surface area contributed by atoms with Gasteiger partial charge in [-0.2, -0.15) is 13.9 Å².